The first-order valence-electron chi connectivity index (χ1n) is 6.45. The monoisotopic (exact) mass is 325 g/mol. The number of hydrogen-bond donors (Lipinski definition) is 3. The number of hydrogen-bond acceptors (Lipinski definition) is 7. The third-order valence-corrected chi connectivity index (χ3v) is 5.19. The summed E-state index contributed by atoms with van der Waals surface area (Å²) < 4.78 is 5.71. The molecule has 1 fully saturated rings. The van der Waals surface area contributed by atoms with Gasteiger partial charge in [-0.2, -0.15) is 11.3 Å². The van der Waals surface area contributed by atoms with Crippen LogP contribution < -0.4 is 4.74 Å². The summed E-state index contributed by atoms with van der Waals surface area (Å²) in [7, 11) is 0. The summed E-state index contributed by atoms with van der Waals surface area (Å²) in [5.74, 6) is 0.847. The van der Waals surface area contributed by atoms with Crippen molar-refractivity contribution in [1.82, 2.24) is 4.98 Å². The van der Waals surface area contributed by atoms with Crippen LogP contribution in [0.15, 0.2) is 35.3 Å². The van der Waals surface area contributed by atoms with Crippen LogP contribution in [0, 0.1) is 0 Å². The van der Waals surface area contributed by atoms with Crippen LogP contribution in [-0.2, 0) is 0 Å². The minimum absolute atomic E-state index is 0.320. The molecule has 5 nitrogen and oxygen atoms in total. The first-order chi connectivity index (χ1) is 10.1. The van der Waals surface area contributed by atoms with Gasteiger partial charge in [0.1, 0.15) is 18.0 Å². The molecule has 3 rings (SSSR count). The largest absolute Gasteiger partial charge is 0.475 e. The molecule has 0 aromatic carbocycles. The molecule has 2 aromatic rings. The molecule has 1 aliphatic rings. The van der Waals surface area contributed by atoms with E-state index in [0.717, 1.165) is 11.1 Å². The van der Waals surface area contributed by atoms with Crippen LogP contribution in [0.5, 0.6) is 5.75 Å². The molecule has 4 atom stereocenters. The van der Waals surface area contributed by atoms with Gasteiger partial charge in [0, 0.05) is 17.5 Å². The quantitative estimate of drug-likeness (QED) is 0.790. The number of thiophene rings is 1. The Morgan fingerprint density at radius 3 is 2.76 bits per heavy atom. The van der Waals surface area contributed by atoms with Gasteiger partial charge >= 0.3 is 0 Å². The number of aliphatic hydroxyl groups excluding tert-OH is 3. The smallest absolute Gasteiger partial charge is 0.173 e. The molecule has 3 heterocycles. The van der Waals surface area contributed by atoms with Gasteiger partial charge in [-0.25, -0.2) is 0 Å². The van der Waals surface area contributed by atoms with Crippen molar-refractivity contribution < 1.29 is 20.1 Å². The molecular weight excluding hydrogens is 310 g/mol. The molecule has 21 heavy (non-hydrogen) atoms. The van der Waals surface area contributed by atoms with Gasteiger partial charge in [0.2, 0.25) is 0 Å². The number of aliphatic hydroxyl groups is 3. The standard InChI is InChI=1S/C14H15NO4S2/c16-11-7-21-14(13(18)12(11)17)19-10-3-9(4-15-5-10)8-1-2-20-6-8/h1-6,11-14,16-18H,7H2/t11-,12+,13-,14-/m1/s1. The lowest BCUT2D eigenvalue weighted by atomic mass is 10.1. The van der Waals surface area contributed by atoms with Crippen molar-refractivity contribution >= 4 is 23.1 Å². The lowest BCUT2D eigenvalue weighted by molar-refractivity contribution is -0.0786. The molecule has 1 aliphatic heterocycles. The van der Waals surface area contributed by atoms with Crippen molar-refractivity contribution in [3.05, 3.63) is 35.3 Å². The predicted octanol–water partition coefficient (Wildman–Crippen LogP) is 1.34. The summed E-state index contributed by atoms with van der Waals surface area (Å²) in [6, 6.07) is 3.84. The fraction of sp³-hybridized carbons (Fsp3) is 0.357. The molecule has 0 unspecified atom stereocenters. The maximum Gasteiger partial charge on any atom is 0.173 e. The van der Waals surface area contributed by atoms with Crippen molar-refractivity contribution in [2.24, 2.45) is 0 Å². The van der Waals surface area contributed by atoms with Crippen LogP contribution in [0.2, 0.25) is 0 Å². The summed E-state index contributed by atoms with van der Waals surface area (Å²) in [6.07, 6.45) is 0.0614. The van der Waals surface area contributed by atoms with Gasteiger partial charge in [0.15, 0.2) is 5.44 Å². The van der Waals surface area contributed by atoms with E-state index in [9.17, 15) is 15.3 Å². The van der Waals surface area contributed by atoms with E-state index in [1.165, 1.54) is 11.8 Å². The van der Waals surface area contributed by atoms with E-state index in [4.69, 9.17) is 4.74 Å². The van der Waals surface area contributed by atoms with Crippen molar-refractivity contribution in [2.75, 3.05) is 5.75 Å². The van der Waals surface area contributed by atoms with Crippen LogP contribution >= 0.6 is 23.1 Å². The predicted molar refractivity (Wildman–Crippen MR) is 82.4 cm³/mol. The van der Waals surface area contributed by atoms with Gasteiger partial charge in [-0.05, 0) is 28.5 Å². The highest BCUT2D eigenvalue weighted by atomic mass is 32.2. The summed E-state index contributed by atoms with van der Waals surface area (Å²) in [6.45, 7) is 0. The lowest BCUT2D eigenvalue weighted by Gasteiger charge is -2.34. The van der Waals surface area contributed by atoms with Crippen molar-refractivity contribution in [3.63, 3.8) is 0 Å². The number of thioether (sulfide) groups is 1. The second-order valence-electron chi connectivity index (χ2n) is 4.79. The van der Waals surface area contributed by atoms with E-state index in [0.29, 0.717) is 11.5 Å². The molecule has 0 spiro atoms. The molecule has 112 valence electrons. The highest BCUT2D eigenvalue weighted by Gasteiger charge is 2.38. The molecule has 0 saturated carbocycles. The van der Waals surface area contributed by atoms with Crippen LogP contribution in [0.4, 0.5) is 0 Å². The van der Waals surface area contributed by atoms with E-state index in [-0.39, 0.29) is 0 Å². The average Bonchev–Trinajstić information content (AvgIpc) is 3.03. The van der Waals surface area contributed by atoms with Gasteiger partial charge in [-0.15, -0.1) is 11.8 Å². The van der Waals surface area contributed by atoms with Gasteiger partial charge in [-0.3, -0.25) is 4.98 Å². The summed E-state index contributed by atoms with van der Waals surface area (Å²) >= 11 is 2.88. The summed E-state index contributed by atoms with van der Waals surface area (Å²) in [4.78, 5) is 4.14. The Hall–Kier alpha value is -1.12. The lowest BCUT2D eigenvalue weighted by Crippen LogP contribution is -2.50. The minimum atomic E-state index is -1.19. The first kappa shape index (κ1) is 14.8. The molecule has 0 amide bonds. The second-order valence-corrected chi connectivity index (χ2v) is 6.70. The van der Waals surface area contributed by atoms with Gasteiger partial charge in [0.25, 0.3) is 0 Å². The normalized spacial score (nSPS) is 29.3. The Kier molecular flexibility index (Phi) is 4.46. The fourth-order valence-corrected chi connectivity index (χ4v) is 3.87. The molecule has 7 heteroatoms. The zero-order valence-electron chi connectivity index (χ0n) is 11.0. The number of aromatic nitrogens is 1. The van der Waals surface area contributed by atoms with E-state index < -0.39 is 23.7 Å². The van der Waals surface area contributed by atoms with Gasteiger partial charge in [0.05, 0.1) is 12.3 Å². The Bertz CT molecular complexity index is 592. The van der Waals surface area contributed by atoms with Crippen LogP contribution in [0.1, 0.15) is 0 Å². The molecule has 2 aromatic heterocycles. The summed E-state index contributed by atoms with van der Waals surface area (Å²) in [5.41, 5.74) is 1.37. The zero-order valence-corrected chi connectivity index (χ0v) is 12.6. The van der Waals surface area contributed by atoms with Crippen LogP contribution in [0.25, 0.3) is 11.1 Å². The topological polar surface area (TPSA) is 82.8 Å². The molecule has 0 bridgehead atoms. The Morgan fingerprint density at radius 2 is 2.00 bits per heavy atom. The molecule has 0 radical (unpaired) electrons. The van der Waals surface area contributed by atoms with Crippen LogP contribution in [0.3, 0.4) is 0 Å². The maximum absolute atomic E-state index is 9.95. The van der Waals surface area contributed by atoms with E-state index in [2.05, 4.69) is 4.98 Å². The first-order valence-corrected chi connectivity index (χ1v) is 8.44. The number of pyridine rings is 1. The maximum atomic E-state index is 9.95. The average molecular weight is 325 g/mol. The number of rotatable bonds is 3. The Balaban J connectivity index is 1.75. The SMILES string of the molecule is O[C@@H]1[C@@H](O)[C@H](Oc2cncc(-c3ccsc3)c2)SC[C@H]1O. The minimum Gasteiger partial charge on any atom is -0.475 e. The summed E-state index contributed by atoms with van der Waals surface area (Å²) in [5, 5.41) is 33.1. The highest BCUT2D eigenvalue weighted by molar-refractivity contribution is 7.99. The number of nitrogens with zero attached hydrogens (tertiary/aromatic N) is 1. The fourth-order valence-electron chi connectivity index (χ4n) is 2.09. The molecule has 0 aliphatic carbocycles. The third-order valence-electron chi connectivity index (χ3n) is 3.27. The molecule has 1 saturated heterocycles. The Morgan fingerprint density at radius 1 is 1.14 bits per heavy atom. The van der Waals surface area contributed by atoms with Crippen LogP contribution in [-0.4, -0.2) is 49.8 Å². The Labute approximate surface area is 130 Å². The van der Waals surface area contributed by atoms with E-state index in [1.54, 1.807) is 23.7 Å². The third kappa shape index (κ3) is 3.22. The van der Waals surface area contributed by atoms with Gasteiger partial charge in [-0.1, -0.05) is 0 Å². The second kappa shape index (κ2) is 6.33. The van der Waals surface area contributed by atoms with E-state index >= 15 is 0 Å². The van der Waals surface area contributed by atoms with Crippen molar-refractivity contribution in [2.45, 2.75) is 23.7 Å². The van der Waals surface area contributed by atoms with Crippen molar-refractivity contribution in [3.8, 4) is 16.9 Å². The molecular formula is C14H15NO4S2. The van der Waals surface area contributed by atoms with E-state index in [1.807, 2.05) is 22.9 Å². The van der Waals surface area contributed by atoms with Crippen molar-refractivity contribution in [1.29, 1.82) is 0 Å². The van der Waals surface area contributed by atoms with Gasteiger partial charge < -0.3 is 20.1 Å². The molecule has 3 N–H and O–H groups in total. The zero-order chi connectivity index (χ0) is 14.8. The highest BCUT2D eigenvalue weighted by Crippen LogP contribution is 2.31. The number of ether oxygens (including phenoxy) is 1.